The number of esters is 1. The highest BCUT2D eigenvalue weighted by atomic mass is 35.5. The largest absolute Gasteiger partial charge is 0.465 e. The van der Waals surface area contributed by atoms with E-state index in [-0.39, 0.29) is 0 Å². The minimum absolute atomic E-state index is 0.358. The summed E-state index contributed by atoms with van der Waals surface area (Å²) in [4.78, 5) is 12.6. The molecule has 1 aromatic carbocycles. The molecular formula is C13H13ClN2O2S. The van der Waals surface area contributed by atoms with Crippen LogP contribution in [0.3, 0.4) is 0 Å². The Hall–Kier alpha value is -1.72. The summed E-state index contributed by atoms with van der Waals surface area (Å²) in [6.07, 6.45) is 0. The van der Waals surface area contributed by atoms with Crippen molar-refractivity contribution in [1.82, 2.24) is 0 Å². The Morgan fingerprint density at radius 3 is 2.84 bits per heavy atom. The Labute approximate surface area is 120 Å². The third kappa shape index (κ3) is 3.39. The van der Waals surface area contributed by atoms with Crippen LogP contribution in [-0.2, 0) is 11.3 Å². The molecule has 0 fully saturated rings. The van der Waals surface area contributed by atoms with Crippen LogP contribution in [-0.4, -0.2) is 13.1 Å². The highest BCUT2D eigenvalue weighted by molar-refractivity contribution is 7.16. The maximum atomic E-state index is 11.5. The van der Waals surface area contributed by atoms with E-state index in [2.05, 4.69) is 10.1 Å². The fraction of sp³-hybridized carbons (Fsp3) is 0.154. The summed E-state index contributed by atoms with van der Waals surface area (Å²) in [6.45, 7) is 0.641. The molecule has 1 aromatic heterocycles. The molecule has 3 N–H and O–H groups in total. The standard InChI is InChI=1S/C13H13ClN2O2S/c1-18-13(17)10-6-8(2-4-11(10)15)16-7-9-3-5-12(14)19-9/h2-6,16H,7,15H2,1H3. The molecule has 0 bridgehead atoms. The van der Waals surface area contributed by atoms with Gasteiger partial charge in [0.05, 0.1) is 17.0 Å². The number of nitrogen functional groups attached to an aromatic ring is 1. The zero-order chi connectivity index (χ0) is 13.8. The van der Waals surface area contributed by atoms with Gasteiger partial charge in [-0.3, -0.25) is 0 Å². The normalized spacial score (nSPS) is 10.2. The summed E-state index contributed by atoms with van der Waals surface area (Å²) in [7, 11) is 1.33. The molecule has 0 saturated heterocycles. The van der Waals surface area contributed by atoms with Crippen molar-refractivity contribution < 1.29 is 9.53 Å². The molecule has 0 saturated carbocycles. The lowest BCUT2D eigenvalue weighted by Crippen LogP contribution is -2.07. The first-order valence-electron chi connectivity index (χ1n) is 5.56. The maximum absolute atomic E-state index is 11.5. The van der Waals surface area contributed by atoms with Crippen LogP contribution in [0.15, 0.2) is 30.3 Å². The van der Waals surface area contributed by atoms with Gasteiger partial charge in [-0.1, -0.05) is 11.6 Å². The molecule has 0 aliphatic rings. The van der Waals surface area contributed by atoms with Gasteiger partial charge in [0.1, 0.15) is 0 Å². The van der Waals surface area contributed by atoms with Crippen molar-refractivity contribution in [3.05, 3.63) is 45.1 Å². The number of nitrogens with one attached hydrogen (secondary N) is 1. The zero-order valence-electron chi connectivity index (χ0n) is 10.3. The molecule has 0 aliphatic carbocycles. The topological polar surface area (TPSA) is 64.3 Å². The highest BCUT2D eigenvalue weighted by Crippen LogP contribution is 2.23. The van der Waals surface area contributed by atoms with E-state index >= 15 is 0 Å². The van der Waals surface area contributed by atoms with Crippen molar-refractivity contribution in [1.29, 1.82) is 0 Å². The first-order chi connectivity index (χ1) is 9.10. The van der Waals surface area contributed by atoms with E-state index in [9.17, 15) is 4.79 Å². The number of carbonyl (C=O) groups excluding carboxylic acids is 1. The number of benzene rings is 1. The molecule has 0 spiro atoms. The smallest absolute Gasteiger partial charge is 0.340 e. The number of anilines is 2. The van der Waals surface area contributed by atoms with Gasteiger partial charge in [0, 0.05) is 22.8 Å². The average molecular weight is 297 g/mol. The predicted octanol–water partition coefficient (Wildman–Crippen LogP) is 3.38. The average Bonchev–Trinajstić information content (AvgIpc) is 2.83. The fourth-order valence-corrected chi connectivity index (χ4v) is 2.62. The van der Waals surface area contributed by atoms with Crippen LogP contribution in [0.1, 0.15) is 15.2 Å². The van der Waals surface area contributed by atoms with Crippen molar-refractivity contribution in [2.45, 2.75) is 6.54 Å². The van der Waals surface area contributed by atoms with E-state index in [1.54, 1.807) is 12.1 Å². The number of nitrogens with two attached hydrogens (primary N) is 1. The molecule has 6 heteroatoms. The predicted molar refractivity (Wildman–Crippen MR) is 78.8 cm³/mol. The summed E-state index contributed by atoms with van der Waals surface area (Å²) in [6, 6.07) is 8.98. The van der Waals surface area contributed by atoms with E-state index in [1.165, 1.54) is 18.4 Å². The Morgan fingerprint density at radius 2 is 2.21 bits per heavy atom. The molecule has 0 amide bonds. The van der Waals surface area contributed by atoms with Crippen molar-refractivity contribution in [3.63, 3.8) is 0 Å². The van der Waals surface area contributed by atoms with Crippen molar-refractivity contribution in [3.8, 4) is 0 Å². The molecule has 2 aromatic rings. The molecule has 4 nitrogen and oxygen atoms in total. The summed E-state index contributed by atoms with van der Waals surface area (Å²) < 4.78 is 5.43. The molecular weight excluding hydrogens is 284 g/mol. The van der Waals surface area contributed by atoms with Gasteiger partial charge in [-0.2, -0.15) is 0 Å². The van der Waals surface area contributed by atoms with Gasteiger partial charge < -0.3 is 15.8 Å². The van der Waals surface area contributed by atoms with E-state index in [4.69, 9.17) is 17.3 Å². The van der Waals surface area contributed by atoms with Gasteiger partial charge in [-0.15, -0.1) is 11.3 Å². The summed E-state index contributed by atoms with van der Waals surface area (Å²) in [5.41, 5.74) is 7.29. The Kier molecular flexibility index (Phi) is 4.29. The van der Waals surface area contributed by atoms with E-state index in [0.717, 1.165) is 14.9 Å². The van der Waals surface area contributed by atoms with Crippen molar-refractivity contribution in [2.75, 3.05) is 18.2 Å². The van der Waals surface area contributed by atoms with Gasteiger partial charge in [0.25, 0.3) is 0 Å². The third-order valence-electron chi connectivity index (χ3n) is 2.55. The van der Waals surface area contributed by atoms with Crippen molar-refractivity contribution >= 4 is 40.3 Å². The molecule has 0 atom stereocenters. The summed E-state index contributed by atoms with van der Waals surface area (Å²) >= 11 is 7.37. The zero-order valence-corrected chi connectivity index (χ0v) is 11.8. The number of ether oxygens (including phenoxy) is 1. The number of rotatable bonds is 4. The molecule has 0 radical (unpaired) electrons. The van der Waals surface area contributed by atoms with Gasteiger partial charge in [0.15, 0.2) is 0 Å². The first-order valence-corrected chi connectivity index (χ1v) is 6.75. The SMILES string of the molecule is COC(=O)c1cc(NCc2ccc(Cl)s2)ccc1N. The number of hydrogen-bond donors (Lipinski definition) is 2. The Bertz CT molecular complexity index is 598. The molecule has 1 heterocycles. The van der Waals surface area contributed by atoms with E-state index < -0.39 is 5.97 Å². The van der Waals surface area contributed by atoms with Crippen LogP contribution in [0.4, 0.5) is 11.4 Å². The quantitative estimate of drug-likeness (QED) is 0.670. The van der Waals surface area contributed by atoms with Crippen LogP contribution in [0.2, 0.25) is 4.34 Å². The Morgan fingerprint density at radius 1 is 1.42 bits per heavy atom. The third-order valence-corrected chi connectivity index (χ3v) is 3.79. The van der Waals surface area contributed by atoms with E-state index in [0.29, 0.717) is 17.8 Å². The van der Waals surface area contributed by atoms with Gasteiger partial charge >= 0.3 is 5.97 Å². The second-order valence-electron chi connectivity index (χ2n) is 3.85. The first kappa shape index (κ1) is 13.7. The van der Waals surface area contributed by atoms with Crippen LogP contribution < -0.4 is 11.1 Å². The molecule has 0 unspecified atom stereocenters. The lowest BCUT2D eigenvalue weighted by atomic mass is 10.1. The van der Waals surface area contributed by atoms with Gasteiger partial charge in [-0.05, 0) is 30.3 Å². The number of methoxy groups -OCH3 is 1. The number of thiophene rings is 1. The molecule has 0 aliphatic heterocycles. The van der Waals surface area contributed by atoms with Crippen molar-refractivity contribution in [2.24, 2.45) is 0 Å². The number of hydrogen-bond acceptors (Lipinski definition) is 5. The Balaban J connectivity index is 2.10. The lowest BCUT2D eigenvalue weighted by Gasteiger charge is -2.08. The summed E-state index contributed by atoms with van der Waals surface area (Å²) in [5, 5.41) is 3.21. The number of halogens is 1. The molecule has 100 valence electrons. The molecule has 19 heavy (non-hydrogen) atoms. The highest BCUT2D eigenvalue weighted by Gasteiger charge is 2.10. The van der Waals surface area contributed by atoms with Gasteiger partial charge in [0.2, 0.25) is 0 Å². The second kappa shape index (κ2) is 5.95. The minimum atomic E-state index is -0.444. The maximum Gasteiger partial charge on any atom is 0.340 e. The fourth-order valence-electron chi connectivity index (χ4n) is 1.59. The van der Waals surface area contributed by atoms with Crippen LogP contribution >= 0.6 is 22.9 Å². The van der Waals surface area contributed by atoms with Crippen LogP contribution in [0, 0.1) is 0 Å². The molecule has 2 rings (SSSR count). The minimum Gasteiger partial charge on any atom is -0.465 e. The number of carbonyl (C=O) groups is 1. The monoisotopic (exact) mass is 296 g/mol. The van der Waals surface area contributed by atoms with Crippen LogP contribution in [0.5, 0.6) is 0 Å². The second-order valence-corrected chi connectivity index (χ2v) is 5.65. The van der Waals surface area contributed by atoms with Crippen LogP contribution in [0.25, 0.3) is 0 Å². The van der Waals surface area contributed by atoms with E-state index in [1.807, 2.05) is 18.2 Å². The lowest BCUT2D eigenvalue weighted by molar-refractivity contribution is 0.0602. The van der Waals surface area contributed by atoms with Gasteiger partial charge in [-0.25, -0.2) is 4.79 Å². The summed E-state index contributed by atoms with van der Waals surface area (Å²) in [5.74, 6) is -0.444.